The molecule has 1 fully saturated rings. The summed E-state index contributed by atoms with van der Waals surface area (Å²) in [6.45, 7) is 0.0241. The van der Waals surface area contributed by atoms with Gasteiger partial charge in [-0.15, -0.1) is 0 Å². The maximum Gasteiger partial charge on any atom is 0.275 e. The molecule has 98 valence electrons. The van der Waals surface area contributed by atoms with E-state index >= 15 is 0 Å². The number of rotatable bonds is 5. The van der Waals surface area contributed by atoms with Gasteiger partial charge in [-0.2, -0.15) is 0 Å². The molecule has 0 aliphatic heterocycles. The van der Waals surface area contributed by atoms with Crippen LogP contribution in [0.5, 0.6) is 0 Å². The molecule has 1 aliphatic rings. The van der Waals surface area contributed by atoms with Gasteiger partial charge in [0.05, 0.1) is 23.2 Å². The highest BCUT2D eigenvalue weighted by molar-refractivity contribution is 5.51. The van der Waals surface area contributed by atoms with Crippen molar-refractivity contribution >= 4 is 11.4 Å². The van der Waals surface area contributed by atoms with Crippen molar-refractivity contribution in [2.45, 2.75) is 18.9 Å². The van der Waals surface area contributed by atoms with Gasteiger partial charge in [0, 0.05) is 6.54 Å². The molecule has 18 heavy (non-hydrogen) atoms. The van der Waals surface area contributed by atoms with Crippen molar-refractivity contribution in [2.75, 3.05) is 11.9 Å². The molecule has 1 aromatic rings. The van der Waals surface area contributed by atoms with E-state index in [1.165, 1.54) is 0 Å². The Morgan fingerprint density at radius 1 is 1.44 bits per heavy atom. The molecule has 1 saturated carbocycles. The van der Waals surface area contributed by atoms with Crippen molar-refractivity contribution in [1.29, 1.82) is 0 Å². The van der Waals surface area contributed by atoms with Gasteiger partial charge in [-0.3, -0.25) is 10.1 Å². The number of nitro groups is 1. The first-order valence-electron chi connectivity index (χ1n) is 5.54. The van der Waals surface area contributed by atoms with Crippen LogP contribution in [0.15, 0.2) is 12.1 Å². The van der Waals surface area contributed by atoms with Gasteiger partial charge in [-0.1, -0.05) is 0 Å². The fraction of sp³-hybridized carbons (Fsp3) is 0.455. The van der Waals surface area contributed by atoms with Crippen LogP contribution in [-0.2, 0) is 0 Å². The molecular weight excluding hydrogens is 246 g/mol. The largest absolute Gasteiger partial charge is 0.391 e. The second kappa shape index (κ2) is 4.85. The van der Waals surface area contributed by atoms with Crippen LogP contribution in [-0.4, -0.2) is 22.7 Å². The Bertz CT molecular complexity index is 454. The summed E-state index contributed by atoms with van der Waals surface area (Å²) in [5, 5.41) is 22.4. The van der Waals surface area contributed by atoms with Crippen LogP contribution in [0.3, 0.4) is 0 Å². The smallest absolute Gasteiger partial charge is 0.275 e. The topological polar surface area (TPSA) is 75.4 Å². The molecule has 2 N–H and O–H groups in total. The van der Waals surface area contributed by atoms with Crippen molar-refractivity contribution < 1.29 is 18.8 Å². The molecule has 1 aliphatic carbocycles. The second-order valence-corrected chi connectivity index (χ2v) is 4.33. The average molecular weight is 258 g/mol. The summed E-state index contributed by atoms with van der Waals surface area (Å²) in [6.07, 6.45) is 1.17. The van der Waals surface area contributed by atoms with Gasteiger partial charge in [-0.05, 0) is 18.8 Å². The molecule has 1 unspecified atom stereocenters. The van der Waals surface area contributed by atoms with Crippen molar-refractivity contribution in [3.63, 3.8) is 0 Å². The van der Waals surface area contributed by atoms with Crippen LogP contribution in [0.1, 0.15) is 12.8 Å². The normalized spacial score (nSPS) is 16.4. The Kier molecular flexibility index (Phi) is 3.42. The number of anilines is 1. The lowest BCUT2D eigenvalue weighted by Gasteiger charge is -2.12. The summed E-state index contributed by atoms with van der Waals surface area (Å²) < 4.78 is 26.9. The minimum Gasteiger partial charge on any atom is -0.391 e. The number of halogens is 2. The lowest BCUT2D eigenvalue weighted by Crippen LogP contribution is -2.22. The first-order valence-corrected chi connectivity index (χ1v) is 5.54. The molecule has 0 heterocycles. The zero-order valence-electron chi connectivity index (χ0n) is 9.40. The average Bonchev–Trinajstić information content (AvgIpc) is 3.10. The third kappa shape index (κ3) is 2.73. The first kappa shape index (κ1) is 12.7. The SMILES string of the molecule is O=[N+]([O-])c1cc(F)c(NCC(O)C2CC2)c(F)c1. The molecule has 1 aromatic carbocycles. The third-order valence-corrected chi connectivity index (χ3v) is 2.89. The summed E-state index contributed by atoms with van der Waals surface area (Å²) in [6, 6.07) is 1.30. The monoisotopic (exact) mass is 258 g/mol. The summed E-state index contributed by atoms with van der Waals surface area (Å²) in [7, 11) is 0. The quantitative estimate of drug-likeness (QED) is 0.626. The van der Waals surface area contributed by atoms with Gasteiger partial charge in [0.1, 0.15) is 5.69 Å². The fourth-order valence-electron chi connectivity index (χ4n) is 1.69. The Balaban J connectivity index is 2.09. The first-order chi connectivity index (χ1) is 8.49. The molecule has 7 heteroatoms. The number of hydrogen-bond acceptors (Lipinski definition) is 4. The number of nitrogens with one attached hydrogen (secondary N) is 1. The number of hydrogen-bond donors (Lipinski definition) is 2. The lowest BCUT2D eigenvalue weighted by atomic mass is 10.2. The van der Waals surface area contributed by atoms with Gasteiger partial charge in [-0.25, -0.2) is 8.78 Å². The highest BCUT2D eigenvalue weighted by Gasteiger charge is 2.29. The Morgan fingerprint density at radius 3 is 2.44 bits per heavy atom. The molecule has 0 bridgehead atoms. The van der Waals surface area contributed by atoms with Gasteiger partial charge in [0.15, 0.2) is 11.6 Å². The lowest BCUT2D eigenvalue weighted by molar-refractivity contribution is -0.385. The molecule has 0 aromatic heterocycles. The van der Waals surface area contributed by atoms with Crippen LogP contribution in [0.4, 0.5) is 20.2 Å². The Hall–Kier alpha value is -1.76. The van der Waals surface area contributed by atoms with Crippen LogP contribution < -0.4 is 5.32 Å². The molecule has 1 atom stereocenters. The molecule has 5 nitrogen and oxygen atoms in total. The zero-order valence-corrected chi connectivity index (χ0v) is 9.40. The number of nitrogens with zero attached hydrogens (tertiary/aromatic N) is 1. The summed E-state index contributed by atoms with van der Waals surface area (Å²) in [5.41, 5.74) is -1.08. The fourth-order valence-corrected chi connectivity index (χ4v) is 1.69. The van der Waals surface area contributed by atoms with E-state index in [4.69, 9.17) is 0 Å². The van der Waals surface area contributed by atoms with E-state index in [1.807, 2.05) is 0 Å². The molecule has 0 amide bonds. The predicted octanol–water partition coefficient (Wildman–Crippen LogP) is 2.06. The summed E-state index contributed by atoms with van der Waals surface area (Å²) in [4.78, 5) is 9.53. The Labute approximate surface area is 102 Å². The summed E-state index contributed by atoms with van der Waals surface area (Å²) >= 11 is 0. The van der Waals surface area contributed by atoms with Gasteiger partial charge in [0.25, 0.3) is 5.69 Å². The standard InChI is InChI=1S/C11H12F2N2O3/c12-8-3-7(15(17)18)4-9(13)11(8)14-5-10(16)6-1-2-6/h3-4,6,10,14,16H,1-2,5H2. The van der Waals surface area contributed by atoms with E-state index < -0.39 is 34.0 Å². The molecule has 0 radical (unpaired) electrons. The Morgan fingerprint density at radius 2 is 2.00 bits per heavy atom. The highest BCUT2D eigenvalue weighted by atomic mass is 19.1. The van der Waals surface area contributed by atoms with E-state index in [1.54, 1.807) is 0 Å². The maximum atomic E-state index is 13.4. The summed E-state index contributed by atoms with van der Waals surface area (Å²) in [5.74, 6) is -1.89. The van der Waals surface area contributed by atoms with E-state index in [0.717, 1.165) is 12.8 Å². The van der Waals surface area contributed by atoms with Crippen molar-refractivity contribution in [3.05, 3.63) is 33.9 Å². The molecule has 0 spiro atoms. The minimum atomic E-state index is -1.04. The maximum absolute atomic E-state index is 13.4. The number of aliphatic hydroxyl groups is 1. The van der Waals surface area contributed by atoms with E-state index in [-0.39, 0.29) is 12.5 Å². The number of aliphatic hydroxyl groups excluding tert-OH is 1. The zero-order chi connectivity index (χ0) is 13.3. The van der Waals surface area contributed by atoms with Crippen molar-refractivity contribution in [3.8, 4) is 0 Å². The highest BCUT2D eigenvalue weighted by Crippen LogP contribution is 2.33. The number of nitro benzene ring substituents is 1. The minimum absolute atomic E-state index is 0.0241. The van der Waals surface area contributed by atoms with E-state index in [9.17, 15) is 24.0 Å². The molecule has 2 rings (SSSR count). The van der Waals surface area contributed by atoms with Crippen molar-refractivity contribution in [2.24, 2.45) is 5.92 Å². The van der Waals surface area contributed by atoms with Crippen LogP contribution >= 0.6 is 0 Å². The van der Waals surface area contributed by atoms with Crippen molar-refractivity contribution in [1.82, 2.24) is 0 Å². The van der Waals surface area contributed by atoms with E-state index in [0.29, 0.717) is 12.1 Å². The molecule has 0 saturated heterocycles. The second-order valence-electron chi connectivity index (χ2n) is 4.33. The third-order valence-electron chi connectivity index (χ3n) is 2.89. The van der Waals surface area contributed by atoms with Gasteiger partial charge >= 0.3 is 0 Å². The molecular formula is C11H12F2N2O3. The van der Waals surface area contributed by atoms with Gasteiger partial charge < -0.3 is 10.4 Å². The van der Waals surface area contributed by atoms with Crippen LogP contribution in [0, 0.1) is 27.7 Å². The van der Waals surface area contributed by atoms with E-state index in [2.05, 4.69) is 5.32 Å². The number of benzene rings is 1. The number of non-ortho nitro benzene ring substituents is 1. The van der Waals surface area contributed by atoms with Gasteiger partial charge in [0.2, 0.25) is 0 Å². The van der Waals surface area contributed by atoms with Crippen LogP contribution in [0.2, 0.25) is 0 Å². The predicted molar refractivity (Wildman–Crippen MR) is 60.2 cm³/mol. The van der Waals surface area contributed by atoms with Crippen LogP contribution in [0.25, 0.3) is 0 Å².